The Labute approximate surface area is 187 Å². The van der Waals surface area contributed by atoms with Gasteiger partial charge >= 0.3 is 0 Å². The molecule has 0 amide bonds. The minimum Gasteiger partial charge on any atom is -0.381 e. The van der Waals surface area contributed by atoms with Crippen LogP contribution in [0.15, 0.2) is 64.1 Å². The Morgan fingerprint density at radius 2 is 1.97 bits per heavy atom. The van der Waals surface area contributed by atoms with Crippen molar-refractivity contribution in [3.63, 3.8) is 0 Å². The third kappa shape index (κ3) is 4.99. The van der Waals surface area contributed by atoms with Gasteiger partial charge in [-0.25, -0.2) is 9.38 Å². The predicted molar refractivity (Wildman–Crippen MR) is 123 cm³/mol. The van der Waals surface area contributed by atoms with Crippen LogP contribution in [0.25, 0.3) is 11.1 Å². The first-order chi connectivity index (χ1) is 15.5. The van der Waals surface area contributed by atoms with Crippen molar-refractivity contribution in [2.24, 2.45) is 10.7 Å². The van der Waals surface area contributed by atoms with Gasteiger partial charge in [-0.2, -0.15) is 0 Å². The molecule has 1 aromatic heterocycles. The molecule has 4 rings (SSSR count). The summed E-state index contributed by atoms with van der Waals surface area (Å²) < 4.78 is 25.7. The van der Waals surface area contributed by atoms with Gasteiger partial charge in [0.05, 0.1) is 12.6 Å². The molecule has 6 nitrogen and oxygen atoms in total. The largest absolute Gasteiger partial charge is 0.381 e. The highest BCUT2D eigenvalue weighted by Crippen LogP contribution is 2.29. The van der Waals surface area contributed by atoms with Gasteiger partial charge < -0.3 is 19.9 Å². The van der Waals surface area contributed by atoms with Crippen LogP contribution in [0.3, 0.4) is 0 Å². The molecule has 1 aliphatic heterocycles. The lowest BCUT2D eigenvalue weighted by molar-refractivity contribution is 0.0575. The van der Waals surface area contributed by atoms with Crippen molar-refractivity contribution < 1.29 is 13.7 Å². The molecule has 32 heavy (non-hydrogen) atoms. The number of benzene rings is 2. The fourth-order valence-electron chi connectivity index (χ4n) is 4.01. The highest BCUT2D eigenvalue weighted by atomic mass is 19.1. The number of hydrogen-bond acceptors (Lipinski definition) is 4. The fourth-order valence-corrected chi connectivity index (χ4v) is 4.01. The van der Waals surface area contributed by atoms with E-state index in [0.29, 0.717) is 35.6 Å². The first-order valence-electron chi connectivity index (χ1n) is 10.9. The van der Waals surface area contributed by atoms with E-state index in [0.717, 1.165) is 37.1 Å². The van der Waals surface area contributed by atoms with E-state index in [2.05, 4.69) is 15.0 Å². The lowest BCUT2D eigenvalue weighted by Gasteiger charge is -2.31. The predicted octanol–water partition coefficient (Wildman–Crippen LogP) is 4.56. The zero-order valence-electron chi connectivity index (χ0n) is 18.5. The Hall–Kier alpha value is -3.19. The second-order valence-corrected chi connectivity index (χ2v) is 8.14. The molecule has 1 saturated heterocycles. The summed E-state index contributed by atoms with van der Waals surface area (Å²) in [7, 11) is 1.74. The smallest absolute Gasteiger partial charge is 0.191 e. The van der Waals surface area contributed by atoms with Crippen molar-refractivity contribution in [1.82, 2.24) is 10.1 Å². The first-order valence-corrected chi connectivity index (χ1v) is 10.9. The number of aliphatic imine (C=N–C) groups is 1. The summed E-state index contributed by atoms with van der Waals surface area (Å²) in [5, 5.41) is 4.12. The second kappa shape index (κ2) is 9.96. The van der Waals surface area contributed by atoms with Gasteiger partial charge in [-0.15, -0.1) is 0 Å². The number of hydrogen-bond donors (Lipinski definition) is 1. The molecule has 0 bridgehead atoms. The number of rotatable bonds is 6. The molecule has 7 heteroatoms. The molecule has 2 heterocycles. The molecule has 2 aromatic carbocycles. The van der Waals surface area contributed by atoms with Crippen molar-refractivity contribution in [3.05, 3.63) is 77.4 Å². The molecule has 3 aromatic rings. The van der Waals surface area contributed by atoms with Crippen LogP contribution in [0, 0.1) is 5.82 Å². The van der Waals surface area contributed by atoms with Crippen molar-refractivity contribution in [3.8, 4) is 11.1 Å². The third-order valence-corrected chi connectivity index (χ3v) is 6.08. The highest BCUT2D eigenvalue weighted by Gasteiger charge is 2.20. The van der Waals surface area contributed by atoms with Crippen molar-refractivity contribution >= 4 is 5.96 Å². The third-order valence-electron chi connectivity index (χ3n) is 6.08. The van der Waals surface area contributed by atoms with Crippen LogP contribution in [-0.2, 0) is 11.3 Å². The van der Waals surface area contributed by atoms with Gasteiger partial charge in [0.15, 0.2) is 5.96 Å². The van der Waals surface area contributed by atoms with E-state index in [4.69, 9.17) is 15.0 Å². The van der Waals surface area contributed by atoms with E-state index in [9.17, 15) is 4.39 Å². The standard InChI is InChI=1S/C25H29FN4O2/c1-17(19-8-9-22(23(26)14-19)18-6-4-3-5-7-18)24-15-20(29-32-24)16-28-25(27)30-12-10-21(31-2)11-13-30/h3-9,14-15,17,21H,10-13,16H2,1-2H3,(H2,27,28). The average Bonchev–Trinajstić information content (AvgIpc) is 3.31. The maximum Gasteiger partial charge on any atom is 0.191 e. The summed E-state index contributed by atoms with van der Waals surface area (Å²) in [6, 6.07) is 16.7. The van der Waals surface area contributed by atoms with E-state index in [-0.39, 0.29) is 11.7 Å². The van der Waals surface area contributed by atoms with Crippen LogP contribution in [-0.4, -0.2) is 42.3 Å². The van der Waals surface area contributed by atoms with Gasteiger partial charge in [0.25, 0.3) is 0 Å². The van der Waals surface area contributed by atoms with Crippen LogP contribution in [0.5, 0.6) is 0 Å². The molecule has 1 unspecified atom stereocenters. The minimum atomic E-state index is -0.255. The van der Waals surface area contributed by atoms with Crippen LogP contribution < -0.4 is 5.73 Å². The summed E-state index contributed by atoms with van der Waals surface area (Å²) in [6.45, 7) is 3.98. The molecule has 2 N–H and O–H groups in total. The van der Waals surface area contributed by atoms with Crippen LogP contribution >= 0.6 is 0 Å². The number of piperidine rings is 1. The van der Waals surface area contributed by atoms with Gasteiger partial charge in [0.1, 0.15) is 17.3 Å². The number of nitrogens with two attached hydrogens (primary N) is 1. The molecule has 0 radical (unpaired) electrons. The SMILES string of the molecule is COC1CCN(C(N)=NCc2cc(C(C)c3ccc(-c4ccccc4)c(F)c3)on2)CC1. The Bertz CT molecular complexity index is 1060. The van der Waals surface area contributed by atoms with Gasteiger partial charge in [0, 0.05) is 37.7 Å². The Kier molecular flexibility index (Phi) is 6.85. The minimum absolute atomic E-state index is 0.134. The number of likely N-dealkylation sites (tertiary alicyclic amines) is 1. The number of nitrogens with zero attached hydrogens (tertiary/aromatic N) is 3. The Balaban J connectivity index is 1.40. The number of ether oxygens (including phenoxy) is 1. The number of guanidine groups is 1. The second-order valence-electron chi connectivity index (χ2n) is 8.14. The van der Waals surface area contributed by atoms with E-state index >= 15 is 0 Å². The quantitative estimate of drug-likeness (QED) is 0.453. The maximum atomic E-state index is 14.8. The van der Waals surface area contributed by atoms with Crippen molar-refractivity contribution in [1.29, 1.82) is 0 Å². The summed E-state index contributed by atoms with van der Waals surface area (Å²) >= 11 is 0. The van der Waals surface area contributed by atoms with Gasteiger partial charge in [-0.3, -0.25) is 0 Å². The Morgan fingerprint density at radius 3 is 2.66 bits per heavy atom. The molecule has 0 aliphatic carbocycles. The Morgan fingerprint density at radius 1 is 1.22 bits per heavy atom. The maximum absolute atomic E-state index is 14.8. The van der Waals surface area contributed by atoms with E-state index in [1.165, 1.54) is 0 Å². The lowest BCUT2D eigenvalue weighted by atomic mass is 9.95. The summed E-state index contributed by atoms with van der Waals surface area (Å²) in [5.41, 5.74) is 9.12. The van der Waals surface area contributed by atoms with Crippen LogP contribution in [0.4, 0.5) is 4.39 Å². The summed E-state index contributed by atoms with van der Waals surface area (Å²) in [6.07, 6.45) is 2.18. The van der Waals surface area contributed by atoms with Gasteiger partial charge in [0.2, 0.25) is 0 Å². The van der Waals surface area contributed by atoms with Crippen LogP contribution in [0.2, 0.25) is 0 Å². The number of halogens is 1. The summed E-state index contributed by atoms with van der Waals surface area (Å²) in [4.78, 5) is 6.54. The monoisotopic (exact) mass is 436 g/mol. The van der Waals surface area contributed by atoms with E-state index in [1.54, 1.807) is 13.2 Å². The molecular formula is C25H29FN4O2. The number of aromatic nitrogens is 1. The highest BCUT2D eigenvalue weighted by molar-refractivity contribution is 5.78. The van der Waals surface area contributed by atoms with Crippen LogP contribution in [0.1, 0.15) is 42.7 Å². The van der Waals surface area contributed by atoms with Gasteiger partial charge in [-0.05, 0) is 30.0 Å². The normalized spacial score (nSPS) is 16.3. The average molecular weight is 437 g/mol. The van der Waals surface area contributed by atoms with E-state index < -0.39 is 0 Å². The van der Waals surface area contributed by atoms with E-state index in [1.807, 2.05) is 55.5 Å². The topological polar surface area (TPSA) is 76.9 Å². The molecule has 0 spiro atoms. The molecule has 0 saturated carbocycles. The van der Waals surface area contributed by atoms with Crippen molar-refractivity contribution in [2.45, 2.75) is 38.3 Å². The first kappa shape index (κ1) is 22.0. The molecular weight excluding hydrogens is 407 g/mol. The molecule has 1 fully saturated rings. The zero-order chi connectivity index (χ0) is 22.5. The summed E-state index contributed by atoms with van der Waals surface area (Å²) in [5.74, 6) is 0.789. The van der Waals surface area contributed by atoms with Gasteiger partial charge in [-0.1, -0.05) is 54.5 Å². The lowest BCUT2D eigenvalue weighted by Crippen LogP contribution is -2.44. The number of methoxy groups -OCH3 is 1. The molecule has 1 atom stereocenters. The fraction of sp³-hybridized carbons (Fsp3) is 0.360. The molecule has 1 aliphatic rings. The van der Waals surface area contributed by atoms with Crippen molar-refractivity contribution in [2.75, 3.05) is 20.2 Å². The molecule has 168 valence electrons. The zero-order valence-corrected chi connectivity index (χ0v) is 18.5.